The van der Waals surface area contributed by atoms with Crippen molar-refractivity contribution in [2.45, 2.75) is 44.0 Å². The number of piperidine rings is 1. The summed E-state index contributed by atoms with van der Waals surface area (Å²) in [6.07, 6.45) is 8.35. The molecule has 88 valence electrons. The highest BCUT2D eigenvalue weighted by Gasteiger charge is 2.36. The second-order valence-corrected chi connectivity index (χ2v) is 5.12. The van der Waals surface area contributed by atoms with Crippen molar-refractivity contribution in [1.29, 1.82) is 0 Å². The van der Waals surface area contributed by atoms with E-state index in [0.29, 0.717) is 11.9 Å². The predicted octanol–water partition coefficient (Wildman–Crippen LogP) is 3.18. The highest BCUT2D eigenvalue weighted by atomic mass is 35.5. The van der Waals surface area contributed by atoms with Gasteiger partial charge in [0.1, 0.15) is 6.26 Å². The van der Waals surface area contributed by atoms with Gasteiger partial charge in [0.2, 0.25) is 0 Å². The lowest BCUT2D eigenvalue weighted by Crippen LogP contribution is -2.42. The van der Waals surface area contributed by atoms with Gasteiger partial charge in [0.05, 0.1) is 11.6 Å². The van der Waals surface area contributed by atoms with Crippen LogP contribution in [-0.2, 0) is 5.88 Å². The van der Waals surface area contributed by atoms with E-state index in [0.717, 1.165) is 24.2 Å². The second kappa shape index (κ2) is 4.28. The lowest BCUT2D eigenvalue weighted by Gasteiger charge is -2.36. The first-order valence-corrected chi connectivity index (χ1v) is 6.69. The fourth-order valence-electron chi connectivity index (χ4n) is 3.18. The van der Waals surface area contributed by atoms with E-state index in [1.807, 2.05) is 0 Å². The summed E-state index contributed by atoms with van der Waals surface area (Å²) in [5.41, 5.74) is 0.844. The molecule has 2 heterocycles. The highest BCUT2D eigenvalue weighted by molar-refractivity contribution is 6.16. The monoisotopic (exact) mass is 240 g/mol. The Morgan fingerprint density at radius 2 is 2.25 bits per heavy atom. The minimum absolute atomic E-state index is 0.436. The van der Waals surface area contributed by atoms with Gasteiger partial charge in [-0.25, -0.2) is 0 Å². The molecule has 0 N–H and O–H groups in total. The number of rotatable bonds is 2. The molecule has 1 saturated carbocycles. The molecule has 3 nitrogen and oxygen atoms in total. The van der Waals surface area contributed by atoms with Gasteiger partial charge >= 0.3 is 0 Å². The summed E-state index contributed by atoms with van der Waals surface area (Å²) in [6.45, 7) is 1.09. The Labute approximate surface area is 101 Å². The van der Waals surface area contributed by atoms with Crippen molar-refractivity contribution in [1.82, 2.24) is 4.98 Å². The lowest BCUT2D eigenvalue weighted by atomic mass is 9.92. The first kappa shape index (κ1) is 10.5. The fourth-order valence-corrected chi connectivity index (χ4v) is 3.30. The Morgan fingerprint density at radius 1 is 1.38 bits per heavy atom. The third-order valence-electron chi connectivity index (χ3n) is 3.92. The lowest BCUT2D eigenvalue weighted by molar-refractivity contribution is 0.342. The topological polar surface area (TPSA) is 29.3 Å². The summed E-state index contributed by atoms with van der Waals surface area (Å²) in [5, 5.41) is 0. The number of halogens is 1. The Hall–Kier alpha value is -0.700. The van der Waals surface area contributed by atoms with Crippen LogP contribution in [0.4, 0.5) is 6.01 Å². The molecule has 3 rings (SSSR count). The maximum absolute atomic E-state index is 5.75. The molecule has 0 amide bonds. The zero-order valence-corrected chi connectivity index (χ0v) is 10.1. The molecule has 0 bridgehead atoms. The molecular weight excluding hydrogens is 224 g/mol. The first-order valence-electron chi connectivity index (χ1n) is 6.15. The SMILES string of the molecule is ClCc1coc(N2CCCC3CCCC32)n1. The molecule has 1 aromatic heterocycles. The smallest absolute Gasteiger partial charge is 0.297 e. The van der Waals surface area contributed by atoms with Crippen LogP contribution in [0.5, 0.6) is 0 Å². The number of oxazole rings is 1. The molecule has 1 aliphatic carbocycles. The van der Waals surface area contributed by atoms with Crippen molar-refractivity contribution >= 4 is 17.6 Å². The molecule has 1 saturated heterocycles. The molecule has 2 aliphatic rings. The van der Waals surface area contributed by atoms with Crippen molar-refractivity contribution in [2.75, 3.05) is 11.4 Å². The third kappa shape index (κ3) is 1.71. The normalized spacial score (nSPS) is 29.4. The van der Waals surface area contributed by atoms with Crippen molar-refractivity contribution < 1.29 is 4.42 Å². The molecule has 0 radical (unpaired) electrons. The number of alkyl halides is 1. The van der Waals surface area contributed by atoms with Crippen LogP contribution in [0.3, 0.4) is 0 Å². The largest absolute Gasteiger partial charge is 0.432 e. The van der Waals surface area contributed by atoms with Gasteiger partial charge in [-0.2, -0.15) is 4.98 Å². The van der Waals surface area contributed by atoms with Gasteiger partial charge in [-0.15, -0.1) is 11.6 Å². The Morgan fingerprint density at radius 3 is 3.06 bits per heavy atom. The molecular formula is C12H17ClN2O. The van der Waals surface area contributed by atoms with Crippen LogP contribution in [0.2, 0.25) is 0 Å². The zero-order chi connectivity index (χ0) is 11.0. The van der Waals surface area contributed by atoms with Gasteiger partial charge in [-0.3, -0.25) is 0 Å². The summed E-state index contributed by atoms with van der Waals surface area (Å²) in [4.78, 5) is 6.80. The summed E-state index contributed by atoms with van der Waals surface area (Å²) in [7, 11) is 0. The van der Waals surface area contributed by atoms with Crippen molar-refractivity contribution in [3.05, 3.63) is 12.0 Å². The molecule has 16 heavy (non-hydrogen) atoms. The fraction of sp³-hybridized carbons (Fsp3) is 0.750. The molecule has 1 aromatic rings. The number of aromatic nitrogens is 1. The first-order chi connectivity index (χ1) is 7.88. The van der Waals surface area contributed by atoms with Crippen LogP contribution in [0, 0.1) is 5.92 Å². The molecule has 1 aliphatic heterocycles. The molecule has 0 spiro atoms. The van der Waals surface area contributed by atoms with E-state index in [4.69, 9.17) is 16.0 Å². The summed E-state index contributed by atoms with van der Waals surface area (Å²) >= 11 is 5.75. The standard InChI is InChI=1S/C12H17ClN2O/c13-7-10-8-16-12(14-10)15-6-2-4-9-3-1-5-11(9)15/h8-9,11H,1-7H2. The zero-order valence-electron chi connectivity index (χ0n) is 9.36. The number of hydrogen-bond donors (Lipinski definition) is 0. The predicted molar refractivity (Wildman–Crippen MR) is 63.8 cm³/mol. The maximum Gasteiger partial charge on any atom is 0.297 e. The van der Waals surface area contributed by atoms with Gasteiger partial charge in [0.15, 0.2) is 0 Å². The Balaban J connectivity index is 1.82. The molecule has 0 aromatic carbocycles. The van der Waals surface area contributed by atoms with E-state index < -0.39 is 0 Å². The Kier molecular flexibility index (Phi) is 2.80. The van der Waals surface area contributed by atoms with Crippen LogP contribution in [0.15, 0.2) is 10.7 Å². The summed E-state index contributed by atoms with van der Waals surface area (Å²) in [5.74, 6) is 1.30. The van der Waals surface area contributed by atoms with Gasteiger partial charge in [-0.1, -0.05) is 6.42 Å². The average Bonchev–Trinajstić information content (AvgIpc) is 2.97. The van der Waals surface area contributed by atoms with E-state index in [1.54, 1.807) is 6.26 Å². The highest BCUT2D eigenvalue weighted by Crippen LogP contribution is 2.38. The number of fused-ring (bicyclic) bond motifs is 1. The second-order valence-electron chi connectivity index (χ2n) is 4.85. The van der Waals surface area contributed by atoms with Crippen molar-refractivity contribution in [3.63, 3.8) is 0 Å². The van der Waals surface area contributed by atoms with Gasteiger partial charge in [-0.05, 0) is 31.6 Å². The Bertz CT molecular complexity index is 366. The summed E-state index contributed by atoms with van der Waals surface area (Å²) in [6, 6.07) is 1.45. The molecule has 2 unspecified atom stereocenters. The number of nitrogens with zero attached hydrogens (tertiary/aromatic N) is 2. The maximum atomic E-state index is 5.75. The minimum atomic E-state index is 0.436. The van der Waals surface area contributed by atoms with Crippen molar-refractivity contribution in [2.24, 2.45) is 5.92 Å². The van der Waals surface area contributed by atoms with E-state index in [9.17, 15) is 0 Å². The molecule has 4 heteroatoms. The van der Waals surface area contributed by atoms with Gasteiger partial charge < -0.3 is 9.32 Å². The van der Waals surface area contributed by atoms with E-state index in [2.05, 4.69) is 9.88 Å². The van der Waals surface area contributed by atoms with Crippen LogP contribution < -0.4 is 4.90 Å². The van der Waals surface area contributed by atoms with Crippen molar-refractivity contribution in [3.8, 4) is 0 Å². The van der Waals surface area contributed by atoms with Crippen LogP contribution >= 0.6 is 11.6 Å². The van der Waals surface area contributed by atoms with Gasteiger partial charge in [0, 0.05) is 12.6 Å². The summed E-state index contributed by atoms with van der Waals surface area (Å²) < 4.78 is 5.53. The van der Waals surface area contributed by atoms with E-state index in [-0.39, 0.29) is 0 Å². The molecule has 2 fully saturated rings. The van der Waals surface area contributed by atoms with Crippen LogP contribution in [-0.4, -0.2) is 17.6 Å². The van der Waals surface area contributed by atoms with Crippen LogP contribution in [0.25, 0.3) is 0 Å². The minimum Gasteiger partial charge on any atom is -0.432 e. The van der Waals surface area contributed by atoms with Crippen LogP contribution in [0.1, 0.15) is 37.8 Å². The average molecular weight is 241 g/mol. The van der Waals surface area contributed by atoms with E-state index >= 15 is 0 Å². The van der Waals surface area contributed by atoms with E-state index in [1.165, 1.54) is 32.1 Å². The third-order valence-corrected chi connectivity index (χ3v) is 4.19. The number of hydrogen-bond acceptors (Lipinski definition) is 3. The number of anilines is 1. The molecule has 2 atom stereocenters. The quantitative estimate of drug-likeness (QED) is 0.744. The van der Waals surface area contributed by atoms with Gasteiger partial charge in [0.25, 0.3) is 6.01 Å².